The van der Waals surface area contributed by atoms with Gasteiger partial charge in [0.1, 0.15) is 0 Å². The van der Waals surface area contributed by atoms with E-state index in [1.807, 2.05) is 0 Å². The molecule has 248 valence electrons. The smallest absolute Gasteiger partial charge is 0.337 e. The summed E-state index contributed by atoms with van der Waals surface area (Å²) >= 11 is 0. The number of esters is 1. The van der Waals surface area contributed by atoms with Gasteiger partial charge in [-0.2, -0.15) is 0 Å². The molecule has 5 N–H and O–H groups in total. The van der Waals surface area contributed by atoms with Crippen molar-refractivity contribution in [2.24, 2.45) is 0 Å². The van der Waals surface area contributed by atoms with Crippen LogP contribution in [0.1, 0.15) is 63.7 Å². The number of ether oxygens (including phenoxy) is 1. The number of carbonyl (C=O) groups is 6. The van der Waals surface area contributed by atoms with Crippen LogP contribution >= 0.6 is 43.2 Å². The number of methoxy groups -OCH3 is 1. The summed E-state index contributed by atoms with van der Waals surface area (Å²) in [5.41, 5.74) is 1.82. The van der Waals surface area contributed by atoms with Crippen LogP contribution in [0.15, 0.2) is 36.4 Å². The van der Waals surface area contributed by atoms with E-state index in [9.17, 15) is 28.8 Å². The molecule has 3 rings (SSSR count). The Morgan fingerprint density at radius 2 is 1.17 bits per heavy atom. The number of amides is 5. The Hall–Kier alpha value is -3.34. The van der Waals surface area contributed by atoms with Crippen LogP contribution in [0.5, 0.6) is 0 Å². The third-order valence-corrected chi connectivity index (χ3v) is 11.1. The van der Waals surface area contributed by atoms with E-state index in [-0.39, 0.29) is 59.1 Å². The van der Waals surface area contributed by atoms with Crippen LogP contribution in [0.25, 0.3) is 0 Å². The van der Waals surface area contributed by atoms with Gasteiger partial charge in [-0.25, -0.2) is 4.79 Å². The van der Waals surface area contributed by atoms with E-state index in [0.717, 1.165) is 0 Å². The molecule has 46 heavy (non-hydrogen) atoms. The molecule has 0 saturated carbocycles. The van der Waals surface area contributed by atoms with Gasteiger partial charge in [0.25, 0.3) is 11.8 Å². The van der Waals surface area contributed by atoms with Crippen LogP contribution in [-0.4, -0.2) is 78.7 Å². The highest BCUT2D eigenvalue weighted by Crippen LogP contribution is 2.25. The first-order chi connectivity index (χ1) is 22.1. The summed E-state index contributed by atoms with van der Waals surface area (Å²) in [5, 5.41) is 13.9. The number of fused-ring (bicyclic) bond motifs is 4. The van der Waals surface area contributed by atoms with Crippen molar-refractivity contribution in [1.82, 2.24) is 10.6 Å². The van der Waals surface area contributed by atoms with Crippen molar-refractivity contribution < 1.29 is 33.5 Å². The first-order valence-corrected chi connectivity index (χ1v) is 19.4. The molecule has 0 spiro atoms. The molecule has 0 unspecified atom stereocenters. The summed E-state index contributed by atoms with van der Waals surface area (Å²) in [6.45, 7) is 2.12. The van der Waals surface area contributed by atoms with E-state index < -0.39 is 5.97 Å². The molecule has 0 radical (unpaired) electrons. The monoisotopic (exact) mass is 707 g/mol. The molecule has 2 aromatic carbocycles. The lowest BCUT2D eigenvalue weighted by atomic mass is 10.1. The number of carbonyl (C=O) groups excluding carboxylic acids is 6. The maximum absolute atomic E-state index is 12.9. The van der Waals surface area contributed by atoms with Crippen LogP contribution in [0, 0.1) is 0 Å². The molecular formula is C30H37N5O7S4. The number of nitrogens with one attached hydrogen (secondary N) is 5. The topological polar surface area (TPSA) is 172 Å². The fourth-order valence-electron chi connectivity index (χ4n) is 4.06. The average molecular weight is 708 g/mol. The van der Waals surface area contributed by atoms with Gasteiger partial charge in [-0.15, -0.1) is 0 Å². The summed E-state index contributed by atoms with van der Waals surface area (Å²) in [5.74, 6) is 0.538. The van der Waals surface area contributed by atoms with E-state index in [2.05, 4.69) is 26.6 Å². The SMILES string of the molecule is COC(=O)c1cc2cc(c1)NC(=O)CCCSSCCNC(=O)c1cc(NC(C)=O)cc(c1)C(=O)NCCSSCCCC(=O)N2. The van der Waals surface area contributed by atoms with Crippen LogP contribution in [-0.2, 0) is 19.1 Å². The zero-order valence-electron chi connectivity index (χ0n) is 25.5. The summed E-state index contributed by atoms with van der Waals surface area (Å²) in [6, 6.07) is 9.16. The van der Waals surface area contributed by atoms with Crippen LogP contribution in [0.4, 0.5) is 17.1 Å². The Balaban J connectivity index is 1.65. The van der Waals surface area contributed by atoms with Gasteiger partial charge in [0.15, 0.2) is 0 Å². The van der Waals surface area contributed by atoms with E-state index in [4.69, 9.17) is 4.74 Å². The molecule has 5 amide bonds. The molecule has 0 fully saturated rings. The van der Waals surface area contributed by atoms with Gasteiger partial charge in [-0.1, -0.05) is 43.2 Å². The summed E-state index contributed by atoms with van der Waals surface area (Å²) in [4.78, 5) is 74.7. The minimum Gasteiger partial charge on any atom is -0.465 e. The van der Waals surface area contributed by atoms with Gasteiger partial charge in [-0.3, -0.25) is 24.0 Å². The Bertz CT molecular complexity index is 1340. The predicted molar refractivity (Wildman–Crippen MR) is 189 cm³/mol. The number of hydrogen-bond acceptors (Lipinski definition) is 11. The van der Waals surface area contributed by atoms with Crippen LogP contribution < -0.4 is 26.6 Å². The minimum absolute atomic E-state index is 0.203. The van der Waals surface area contributed by atoms with Crippen molar-refractivity contribution in [2.45, 2.75) is 32.6 Å². The molecule has 1 heterocycles. The highest BCUT2D eigenvalue weighted by Gasteiger charge is 2.15. The Morgan fingerprint density at radius 3 is 1.63 bits per heavy atom. The van der Waals surface area contributed by atoms with E-state index >= 15 is 0 Å². The lowest BCUT2D eigenvalue weighted by Gasteiger charge is -2.12. The van der Waals surface area contributed by atoms with Crippen molar-refractivity contribution >= 4 is 95.7 Å². The molecule has 0 saturated heterocycles. The lowest BCUT2D eigenvalue weighted by molar-refractivity contribution is -0.117. The van der Waals surface area contributed by atoms with Crippen molar-refractivity contribution in [3.63, 3.8) is 0 Å². The number of anilines is 3. The van der Waals surface area contributed by atoms with Crippen LogP contribution in [0.2, 0.25) is 0 Å². The lowest BCUT2D eigenvalue weighted by Crippen LogP contribution is -2.28. The van der Waals surface area contributed by atoms with Crippen molar-refractivity contribution in [1.29, 1.82) is 0 Å². The highest BCUT2D eigenvalue weighted by atomic mass is 33.1. The molecule has 2 aromatic rings. The number of hydrogen-bond donors (Lipinski definition) is 5. The molecule has 0 aromatic heterocycles. The minimum atomic E-state index is -0.588. The second-order valence-electron chi connectivity index (χ2n) is 9.87. The molecule has 0 aliphatic carbocycles. The summed E-state index contributed by atoms with van der Waals surface area (Å²) in [6.07, 6.45) is 1.72. The van der Waals surface area contributed by atoms with Gasteiger partial charge < -0.3 is 31.3 Å². The summed E-state index contributed by atoms with van der Waals surface area (Å²) in [7, 11) is 7.52. The molecule has 12 nitrogen and oxygen atoms in total. The molecule has 16 heteroatoms. The predicted octanol–water partition coefficient (Wildman–Crippen LogP) is 4.81. The maximum Gasteiger partial charge on any atom is 0.337 e. The first-order valence-electron chi connectivity index (χ1n) is 14.5. The number of rotatable bonds is 2. The summed E-state index contributed by atoms with van der Waals surface area (Å²) < 4.78 is 4.82. The Morgan fingerprint density at radius 1 is 0.696 bits per heavy atom. The van der Waals surface area contributed by atoms with Gasteiger partial charge in [-0.05, 0) is 49.2 Å². The van der Waals surface area contributed by atoms with Gasteiger partial charge >= 0.3 is 5.97 Å². The second-order valence-corrected chi connectivity index (χ2v) is 15.3. The zero-order valence-corrected chi connectivity index (χ0v) is 28.8. The van der Waals surface area contributed by atoms with E-state index in [0.29, 0.717) is 66.0 Å². The fourth-order valence-corrected chi connectivity index (χ4v) is 8.04. The third kappa shape index (κ3) is 13.6. The van der Waals surface area contributed by atoms with Crippen molar-refractivity contribution in [2.75, 3.05) is 59.2 Å². The fraction of sp³-hybridized carbons (Fsp3) is 0.400. The molecule has 1 aliphatic rings. The molecule has 4 bridgehead atoms. The molecular weight excluding hydrogens is 671 g/mol. The molecule has 1 aliphatic heterocycles. The van der Waals surface area contributed by atoms with E-state index in [1.165, 1.54) is 44.4 Å². The van der Waals surface area contributed by atoms with Gasteiger partial charge in [0.05, 0.1) is 12.7 Å². The standard InChI is InChI=1S/C30H37N5O7S4/c1-19(36)33-23-14-20-13-21(15-23)29(40)32-8-12-46-44-10-4-6-27(38)35-25-17-22(30(41)42-2)16-24(18-25)34-26(37)5-3-9-43-45-11-7-31-28(20)39/h13-18H,3-12H2,1-2H3,(H,31,39)(H,32,40)(H,33,36)(H,34,37)(H,35,38). The van der Waals surface area contributed by atoms with Crippen molar-refractivity contribution in [3.05, 3.63) is 53.1 Å². The Labute approximate surface area is 283 Å². The first kappa shape index (κ1) is 37.1. The maximum atomic E-state index is 12.9. The van der Waals surface area contributed by atoms with E-state index in [1.54, 1.807) is 49.2 Å². The van der Waals surface area contributed by atoms with Gasteiger partial charge in [0, 0.05) is 84.1 Å². The van der Waals surface area contributed by atoms with Gasteiger partial charge in [0.2, 0.25) is 17.7 Å². The Kier molecular flexibility index (Phi) is 16.2. The average Bonchev–Trinajstić information content (AvgIpc) is 3.01. The third-order valence-electron chi connectivity index (χ3n) is 6.07. The molecule has 0 atom stereocenters. The largest absolute Gasteiger partial charge is 0.465 e. The normalized spacial score (nSPS) is 16.7. The van der Waals surface area contributed by atoms with Crippen molar-refractivity contribution in [3.8, 4) is 0 Å². The zero-order chi connectivity index (χ0) is 33.3. The second kappa shape index (κ2) is 20.0. The quantitative estimate of drug-likeness (QED) is 0.214. The number of benzene rings is 2. The highest BCUT2D eigenvalue weighted by molar-refractivity contribution is 8.77. The van der Waals surface area contributed by atoms with Crippen LogP contribution in [0.3, 0.4) is 0 Å².